The van der Waals surface area contributed by atoms with Gasteiger partial charge in [-0.3, -0.25) is 4.79 Å². The lowest BCUT2D eigenvalue weighted by Crippen LogP contribution is -2.36. The van der Waals surface area contributed by atoms with Crippen molar-refractivity contribution in [2.24, 2.45) is 0 Å². The molecule has 42 heavy (non-hydrogen) atoms. The Balaban J connectivity index is 1.67. The van der Waals surface area contributed by atoms with Crippen molar-refractivity contribution in [3.8, 4) is 51.6 Å². The molecule has 11 heteroatoms. The molecule has 220 valence electrons. The molecule has 0 saturated heterocycles. The van der Waals surface area contributed by atoms with Crippen molar-refractivity contribution in [3.05, 3.63) is 53.2 Å². The molecule has 3 aromatic carbocycles. The number of hydrogen-bond donors (Lipinski definition) is 0. The first-order chi connectivity index (χ1) is 20.4. The van der Waals surface area contributed by atoms with Crippen LogP contribution in [0.15, 0.2) is 36.4 Å². The van der Waals surface area contributed by atoms with Crippen molar-refractivity contribution in [2.75, 3.05) is 56.3 Å². The maximum Gasteiger partial charge on any atom is 0.273 e. The van der Waals surface area contributed by atoms with Gasteiger partial charge in [0.1, 0.15) is 17.2 Å². The van der Waals surface area contributed by atoms with Crippen LogP contribution in [0.1, 0.15) is 21.6 Å². The Hall–Kier alpha value is -4.93. The summed E-state index contributed by atoms with van der Waals surface area (Å²) in [5, 5.41) is 0.530. The van der Waals surface area contributed by atoms with Gasteiger partial charge in [-0.15, -0.1) is 0 Å². The molecule has 0 aliphatic carbocycles. The van der Waals surface area contributed by atoms with Crippen molar-refractivity contribution < 1.29 is 38.0 Å². The van der Waals surface area contributed by atoms with E-state index >= 15 is 0 Å². The highest BCUT2D eigenvalue weighted by molar-refractivity contribution is 6.05. The Morgan fingerprint density at radius 2 is 1.33 bits per heavy atom. The number of aromatic nitrogens is 2. The maximum atomic E-state index is 14.2. The molecule has 1 amide bonds. The summed E-state index contributed by atoms with van der Waals surface area (Å²) in [7, 11) is 10.9. The van der Waals surface area contributed by atoms with Crippen LogP contribution in [0, 0.1) is 0 Å². The van der Waals surface area contributed by atoms with Crippen LogP contribution in [0.4, 0.5) is 0 Å². The summed E-state index contributed by atoms with van der Waals surface area (Å²) in [6.45, 7) is 0.840. The van der Waals surface area contributed by atoms with Crippen LogP contribution < -0.4 is 33.2 Å². The number of ether oxygens (including phenoxy) is 7. The van der Waals surface area contributed by atoms with E-state index in [0.29, 0.717) is 76.3 Å². The predicted octanol–water partition coefficient (Wildman–Crippen LogP) is 4.56. The fourth-order valence-corrected chi connectivity index (χ4v) is 5.21. The standard InChI is InChI=1S/C31H33N3O8/c1-36-19-10-18-16-34(9-8-20(18)23(13-19)37-2)31(35)28-21-14-24(38-3)25(39-4)15-22(21)32-30(33-28)17-11-26(40-5)29(42-7)27(12-17)41-6/h10-15H,8-9,16H2,1-7H3. The van der Waals surface area contributed by atoms with Crippen LogP contribution >= 0.6 is 0 Å². The lowest BCUT2D eigenvalue weighted by molar-refractivity contribution is 0.0729. The number of hydrogen-bond acceptors (Lipinski definition) is 10. The van der Waals surface area contributed by atoms with Gasteiger partial charge in [0.15, 0.2) is 28.8 Å². The van der Waals surface area contributed by atoms with Crippen LogP contribution in [0.5, 0.6) is 40.2 Å². The van der Waals surface area contributed by atoms with Crippen molar-refractivity contribution >= 4 is 16.8 Å². The number of rotatable bonds is 9. The van der Waals surface area contributed by atoms with E-state index in [-0.39, 0.29) is 11.6 Å². The Kier molecular flexibility index (Phi) is 8.10. The fourth-order valence-electron chi connectivity index (χ4n) is 5.21. The molecule has 0 bridgehead atoms. The number of carbonyl (C=O) groups excluding carboxylic acids is 1. The van der Waals surface area contributed by atoms with E-state index in [1.807, 2.05) is 12.1 Å². The third-order valence-electron chi connectivity index (χ3n) is 7.34. The molecule has 11 nitrogen and oxygen atoms in total. The largest absolute Gasteiger partial charge is 0.497 e. The topological polar surface area (TPSA) is 111 Å². The second kappa shape index (κ2) is 11.9. The second-order valence-corrected chi connectivity index (χ2v) is 9.48. The molecule has 0 unspecified atom stereocenters. The molecule has 1 aliphatic rings. The summed E-state index contributed by atoms with van der Waals surface area (Å²) >= 11 is 0. The molecule has 1 aromatic heterocycles. The molecule has 0 N–H and O–H groups in total. The molecular formula is C31H33N3O8. The van der Waals surface area contributed by atoms with Gasteiger partial charge in [0.2, 0.25) is 5.75 Å². The highest BCUT2D eigenvalue weighted by Gasteiger charge is 2.28. The first kappa shape index (κ1) is 28.6. The molecule has 1 aliphatic heterocycles. The third kappa shape index (κ3) is 5.02. The van der Waals surface area contributed by atoms with E-state index in [2.05, 4.69) is 0 Å². The van der Waals surface area contributed by atoms with Gasteiger partial charge in [0.25, 0.3) is 5.91 Å². The summed E-state index contributed by atoms with van der Waals surface area (Å²) < 4.78 is 38.7. The van der Waals surface area contributed by atoms with Gasteiger partial charge in [0.05, 0.1) is 55.3 Å². The van der Waals surface area contributed by atoms with Crippen LogP contribution in [-0.2, 0) is 13.0 Å². The molecule has 2 heterocycles. The lowest BCUT2D eigenvalue weighted by Gasteiger charge is -2.30. The molecule has 5 rings (SSSR count). The summed E-state index contributed by atoms with van der Waals surface area (Å²) in [4.78, 5) is 25.6. The molecule has 0 saturated carbocycles. The Bertz CT molecular complexity index is 1630. The number of amides is 1. The van der Waals surface area contributed by atoms with Gasteiger partial charge in [-0.25, -0.2) is 9.97 Å². The van der Waals surface area contributed by atoms with E-state index in [1.165, 1.54) is 21.3 Å². The number of carbonyl (C=O) groups is 1. The quantitative estimate of drug-likeness (QED) is 0.282. The molecule has 0 fully saturated rings. The van der Waals surface area contributed by atoms with Crippen LogP contribution in [0.25, 0.3) is 22.3 Å². The molecule has 0 radical (unpaired) electrons. The highest BCUT2D eigenvalue weighted by Crippen LogP contribution is 2.42. The van der Waals surface area contributed by atoms with E-state index < -0.39 is 0 Å². The first-order valence-corrected chi connectivity index (χ1v) is 13.2. The van der Waals surface area contributed by atoms with Gasteiger partial charge in [0, 0.05) is 41.7 Å². The summed E-state index contributed by atoms with van der Waals surface area (Å²) in [5.41, 5.74) is 3.32. The smallest absolute Gasteiger partial charge is 0.273 e. The average molecular weight is 576 g/mol. The van der Waals surface area contributed by atoms with Gasteiger partial charge in [-0.2, -0.15) is 0 Å². The van der Waals surface area contributed by atoms with E-state index in [0.717, 1.165) is 16.9 Å². The van der Waals surface area contributed by atoms with Crippen LogP contribution in [0.3, 0.4) is 0 Å². The van der Waals surface area contributed by atoms with Crippen molar-refractivity contribution in [1.29, 1.82) is 0 Å². The monoisotopic (exact) mass is 575 g/mol. The van der Waals surface area contributed by atoms with Crippen LogP contribution in [0.2, 0.25) is 0 Å². The minimum atomic E-state index is -0.254. The minimum Gasteiger partial charge on any atom is -0.497 e. The Morgan fingerprint density at radius 3 is 1.93 bits per heavy atom. The number of methoxy groups -OCH3 is 7. The lowest BCUT2D eigenvalue weighted by atomic mass is 9.97. The molecule has 0 atom stereocenters. The van der Waals surface area contributed by atoms with Crippen LogP contribution in [-0.4, -0.2) is 77.1 Å². The summed E-state index contributed by atoms with van der Waals surface area (Å²) in [5.74, 6) is 3.70. The van der Waals surface area contributed by atoms with Crippen molar-refractivity contribution in [1.82, 2.24) is 14.9 Å². The van der Waals surface area contributed by atoms with Crippen molar-refractivity contribution in [2.45, 2.75) is 13.0 Å². The SMILES string of the molecule is COc1cc2c(c(OC)c1)CCN(C(=O)c1nc(-c3cc(OC)c(OC)c(OC)c3)nc3cc(OC)c(OC)cc13)C2. The van der Waals surface area contributed by atoms with Gasteiger partial charge in [-0.05, 0) is 36.2 Å². The van der Waals surface area contributed by atoms with Gasteiger partial charge < -0.3 is 38.1 Å². The van der Waals surface area contributed by atoms with E-state index in [9.17, 15) is 4.79 Å². The minimum absolute atomic E-state index is 0.225. The second-order valence-electron chi connectivity index (χ2n) is 9.48. The summed E-state index contributed by atoms with van der Waals surface area (Å²) in [6, 6.07) is 10.7. The zero-order valence-corrected chi connectivity index (χ0v) is 24.7. The molecule has 0 spiro atoms. The average Bonchev–Trinajstić information content (AvgIpc) is 3.04. The Morgan fingerprint density at radius 1 is 0.690 bits per heavy atom. The normalized spacial score (nSPS) is 12.4. The molecular weight excluding hydrogens is 542 g/mol. The fraction of sp³-hybridized carbons (Fsp3) is 0.323. The van der Waals surface area contributed by atoms with Gasteiger partial charge in [-0.1, -0.05) is 0 Å². The summed E-state index contributed by atoms with van der Waals surface area (Å²) in [6.07, 6.45) is 0.619. The zero-order valence-electron chi connectivity index (χ0n) is 24.7. The number of benzene rings is 3. The molecule has 4 aromatic rings. The maximum absolute atomic E-state index is 14.2. The highest BCUT2D eigenvalue weighted by atomic mass is 16.5. The number of fused-ring (bicyclic) bond motifs is 2. The van der Waals surface area contributed by atoms with E-state index in [4.69, 9.17) is 43.1 Å². The Labute approximate surface area is 243 Å². The predicted molar refractivity (Wildman–Crippen MR) is 156 cm³/mol. The number of nitrogens with zero attached hydrogens (tertiary/aromatic N) is 3. The van der Waals surface area contributed by atoms with E-state index in [1.54, 1.807) is 57.6 Å². The first-order valence-electron chi connectivity index (χ1n) is 13.2. The zero-order chi connectivity index (χ0) is 30.0. The van der Waals surface area contributed by atoms with Gasteiger partial charge >= 0.3 is 0 Å². The van der Waals surface area contributed by atoms with Crippen molar-refractivity contribution in [3.63, 3.8) is 0 Å². The third-order valence-corrected chi connectivity index (χ3v) is 7.34.